The predicted molar refractivity (Wildman–Crippen MR) is 242 cm³/mol. The standard InChI is InChI=1S/C25H34N2O4.C24H33N3O4/c1-25(2,16-19-11-13-21(30-3)14-12-19)26-17-23(28)22-10-7-15-27(22)24(29)31-18-20-8-5-4-6-9-20;1-24(2,15-18-9-11-21(31-3)12-10-18)25-16-23(28)22-8-5-13-26(22)17-19-6-4-7-20(14-19)27(29)30/h4-6,8-9,11-14,22-23,26,28H,7,10,15-18H2,1-3H3;4,6-7,9-12,14,22-23,25,28H,5,8,13,15-17H2,1-3H3/t2*22-,23+/m11/s1. The molecule has 0 unspecified atom stereocenters. The summed E-state index contributed by atoms with van der Waals surface area (Å²) < 4.78 is 15.9. The molecule has 13 heteroatoms. The van der Waals surface area contributed by atoms with Gasteiger partial charge in [0.15, 0.2) is 0 Å². The van der Waals surface area contributed by atoms with Gasteiger partial charge in [-0.3, -0.25) is 15.0 Å². The van der Waals surface area contributed by atoms with Crippen LogP contribution in [0, 0.1) is 10.1 Å². The van der Waals surface area contributed by atoms with Gasteiger partial charge in [0, 0.05) is 55.4 Å². The smallest absolute Gasteiger partial charge is 0.410 e. The zero-order valence-electron chi connectivity index (χ0n) is 37.3. The van der Waals surface area contributed by atoms with Gasteiger partial charge in [0.2, 0.25) is 0 Å². The van der Waals surface area contributed by atoms with Crippen molar-refractivity contribution in [2.24, 2.45) is 0 Å². The normalized spacial score (nSPS) is 17.8. The number of carbonyl (C=O) groups is 1. The Morgan fingerprint density at radius 3 is 1.79 bits per heavy atom. The van der Waals surface area contributed by atoms with Crippen LogP contribution >= 0.6 is 0 Å². The minimum atomic E-state index is -0.651. The number of non-ortho nitro benzene ring substituents is 1. The van der Waals surface area contributed by atoms with Gasteiger partial charge in [-0.25, -0.2) is 4.79 Å². The molecule has 2 fully saturated rings. The maximum Gasteiger partial charge on any atom is 0.410 e. The van der Waals surface area contributed by atoms with Crippen molar-refractivity contribution in [1.82, 2.24) is 20.4 Å². The van der Waals surface area contributed by atoms with Crippen molar-refractivity contribution in [3.8, 4) is 11.5 Å². The summed E-state index contributed by atoms with van der Waals surface area (Å²) in [5.41, 5.74) is 4.00. The van der Waals surface area contributed by atoms with Gasteiger partial charge in [-0.2, -0.15) is 0 Å². The fraction of sp³-hybridized carbons (Fsp3) is 0.490. The minimum absolute atomic E-state index is 0.0450. The van der Waals surface area contributed by atoms with Crippen molar-refractivity contribution in [3.63, 3.8) is 0 Å². The molecule has 1 amide bonds. The first-order valence-corrected chi connectivity index (χ1v) is 21.7. The summed E-state index contributed by atoms with van der Waals surface area (Å²) in [6, 6.07) is 32.3. The molecule has 13 nitrogen and oxygen atoms in total. The zero-order valence-corrected chi connectivity index (χ0v) is 37.3. The fourth-order valence-electron chi connectivity index (χ4n) is 8.37. The molecule has 2 heterocycles. The largest absolute Gasteiger partial charge is 0.497 e. The molecule has 0 aromatic heterocycles. The van der Waals surface area contributed by atoms with Crippen molar-refractivity contribution in [2.75, 3.05) is 40.4 Å². The number of methoxy groups -OCH3 is 2. The van der Waals surface area contributed by atoms with Gasteiger partial charge in [0.1, 0.15) is 18.1 Å². The van der Waals surface area contributed by atoms with Crippen LogP contribution in [-0.4, -0.2) is 107 Å². The molecule has 4 atom stereocenters. The average molecular weight is 854 g/mol. The van der Waals surface area contributed by atoms with Gasteiger partial charge in [-0.1, -0.05) is 66.7 Å². The highest BCUT2D eigenvalue weighted by molar-refractivity contribution is 5.68. The second-order valence-electron chi connectivity index (χ2n) is 17.8. The number of carbonyl (C=O) groups excluding carboxylic acids is 1. The number of rotatable bonds is 19. The number of nitro groups is 1. The van der Waals surface area contributed by atoms with E-state index in [0.29, 0.717) is 26.2 Å². The van der Waals surface area contributed by atoms with E-state index < -0.39 is 12.2 Å². The maximum atomic E-state index is 12.6. The monoisotopic (exact) mass is 853 g/mol. The number of aliphatic hydroxyl groups excluding tert-OH is 2. The van der Waals surface area contributed by atoms with E-state index in [0.717, 1.165) is 67.7 Å². The van der Waals surface area contributed by atoms with Crippen LogP contribution in [0.1, 0.15) is 75.6 Å². The highest BCUT2D eigenvalue weighted by Gasteiger charge is 2.36. The summed E-state index contributed by atoms with van der Waals surface area (Å²) in [5.74, 6) is 1.68. The van der Waals surface area contributed by atoms with Crippen LogP contribution in [0.4, 0.5) is 10.5 Å². The number of benzene rings is 4. The average Bonchev–Trinajstić information content (AvgIpc) is 3.96. The van der Waals surface area contributed by atoms with E-state index in [-0.39, 0.29) is 46.5 Å². The second-order valence-corrected chi connectivity index (χ2v) is 17.8. The third-order valence-electron chi connectivity index (χ3n) is 11.7. The molecular formula is C49H67N5O8. The molecular weight excluding hydrogens is 787 g/mol. The Morgan fingerprint density at radius 1 is 0.726 bits per heavy atom. The van der Waals surface area contributed by atoms with E-state index in [1.165, 1.54) is 17.2 Å². The van der Waals surface area contributed by atoms with Crippen LogP contribution in [0.2, 0.25) is 0 Å². The molecule has 62 heavy (non-hydrogen) atoms. The minimum Gasteiger partial charge on any atom is -0.497 e. The number of likely N-dealkylation sites (tertiary alicyclic amines) is 2. The highest BCUT2D eigenvalue weighted by Crippen LogP contribution is 2.26. The van der Waals surface area contributed by atoms with Crippen LogP contribution in [0.3, 0.4) is 0 Å². The number of nitrogens with zero attached hydrogens (tertiary/aromatic N) is 3. The van der Waals surface area contributed by atoms with Crippen molar-refractivity contribution in [1.29, 1.82) is 0 Å². The number of amides is 1. The van der Waals surface area contributed by atoms with E-state index >= 15 is 0 Å². The Morgan fingerprint density at radius 2 is 1.24 bits per heavy atom. The number of nitrogens with one attached hydrogen (secondary N) is 2. The zero-order chi connectivity index (χ0) is 44.7. The highest BCUT2D eigenvalue weighted by atomic mass is 16.6. The number of hydrogen-bond donors (Lipinski definition) is 4. The topological polar surface area (TPSA) is 159 Å². The van der Waals surface area contributed by atoms with E-state index in [2.05, 4.69) is 67.5 Å². The van der Waals surface area contributed by atoms with E-state index in [1.54, 1.807) is 31.3 Å². The maximum absolute atomic E-state index is 12.6. The van der Waals surface area contributed by atoms with Gasteiger partial charge in [0.25, 0.3) is 5.69 Å². The van der Waals surface area contributed by atoms with Gasteiger partial charge in [-0.05, 0) is 119 Å². The molecule has 6 rings (SSSR count). The molecule has 2 aliphatic rings. The molecule has 4 aromatic carbocycles. The van der Waals surface area contributed by atoms with Gasteiger partial charge < -0.3 is 40.0 Å². The fourth-order valence-corrected chi connectivity index (χ4v) is 8.37. The summed E-state index contributed by atoms with van der Waals surface area (Å²) in [6.07, 6.45) is 3.74. The molecule has 4 aromatic rings. The SMILES string of the molecule is COc1ccc(CC(C)(C)NC[C@H](O)[C@H]2CCCN2C(=O)OCc2ccccc2)cc1.COc1ccc(CC(C)(C)NC[C@H](O)[C@H]2CCCN2Cc2cccc([N+](=O)[O-])c2)cc1. The van der Waals surface area contributed by atoms with Crippen LogP contribution < -0.4 is 20.1 Å². The van der Waals surface area contributed by atoms with Crippen molar-refractivity contribution in [3.05, 3.63) is 135 Å². The first-order valence-electron chi connectivity index (χ1n) is 21.7. The Hall–Kier alpha value is -5.05. The molecule has 4 N–H and O–H groups in total. The van der Waals surface area contributed by atoms with Crippen LogP contribution in [0.5, 0.6) is 11.5 Å². The molecule has 0 spiro atoms. The summed E-state index contributed by atoms with van der Waals surface area (Å²) in [5, 5.41) is 39.8. The van der Waals surface area contributed by atoms with Crippen LogP contribution in [0.25, 0.3) is 0 Å². The number of aliphatic hydroxyl groups is 2. The van der Waals surface area contributed by atoms with Crippen LogP contribution in [0.15, 0.2) is 103 Å². The third-order valence-corrected chi connectivity index (χ3v) is 11.7. The number of nitro benzene ring substituents is 1. The lowest BCUT2D eigenvalue weighted by Crippen LogP contribution is -2.51. The lowest BCUT2D eigenvalue weighted by atomic mass is 9.94. The van der Waals surface area contributed by atoms with Crippen molar-refractivity contribution >= 4 is 11.8 Å². The van der Waals surface area contributed by atoms with Gasteiger partial charge in [0.05, 0.1) is 37.4 Å². The molecule has 2 aliphatic heterocycles. The Labute approximate surface area is 367 Å². The van der Waals surface area contributed by atoms with Crippen molar-refractivity contribution < 1.29 is 34.1 Å². The molecule has 0 radical (unpaired) electrons. The molecule has 0 saturated carbocycles. The summed E-state index contributed by atoms with van der Waals surface area (Å²) in [4.78, 5) is 27.2. The number of β-amino-alcohol motifs (C(OH)–C–C–N with tert-alkyl or cyclic N) is 2. The lowest BCUT2D eigenvalue weighted by Gasteiger charge is -2.33. The summed E-state index contributed by atoms with van der Waals surface area (Å²) in [6.45, 7) is 11.8. The Bertz CT molecular complexity index is 1980. The second kappa shape index (κ2) is 22.9. The third kappa shape index (κ3) is 14.8. The van der Waals surface area contributed by atoms with Crippen LogP contribution in [-0.2, 0) is 30.7 Å². The van der Waals surface area contributed by atoms with E-state index in [4.69, 9.17) is 14.2 Å². The molecule has 336 valence electrons. The molecule has 2 saturated heterocycles. The Balaban J connectivity index is 0.000000234. The first-order chi connectivity index (χ1) is 29.6. The molecule has 0 bridgehead atoms. The lowest BCUT2D eigenvalue weighted by molar-refractivity contribution is -0.384. The quantitative estimate of drug-likeness (QED) is 0.0554. The van der Waals surface area contributed by atoms with Crippen molar-refractivity contribution in [2.45, 2.75) is 115 Å². The summed E-state index contributed by atoms with van der Waals surface area (Å²) in [7, 11) is 3.32. The van der Waals surface area contributed by atoms with Gasteiger partial charge >= 0.3 is 6.09 Å². The number of hydrogen-bond acceptors (Lipinski definition) is 11. The molecule has 0 aliphatic carbocycles. The van der Waals surface area contributed by atoms with E-state index in [1.807, 2.05) is 60.7 Å². The van der Waals surface area contributed by atoms with E-state index in [9.17, 15) is 25.1 Å². The first kappa shape index (κ1) is 48.0. The predicted octanol–water partition coefficient (Wildman–Crippen LogP) is 7.31. The summed E-state index contributed by atoms with van der Waals surface area (Å²) >= 11 is 0. The van der Waals surface area contributed by atoms with Gasteiger partial charge in [-0.15, -0.1) is 0 Å². The Kier molecular flexibility index (Phi) is 17.7. The number of ether oxygens (including phenoxy) is 3.